The highest BCUT2D eigenvalue weighted by Gasteiger charge is 2.48. The number of hydrogen-bond donors (Lipinski definition) is 2. The molecule has 6 rings (SSSR count). The molecule has 5 aromatic rings. The lowest BCUT2D eigenvalue weighted by molar-refractivity contribution is 0.0300. The molecule has 10 heteroatoms. The molecular weight excluding hydrogens is 810 g/mol. The molecule has 0 radical (unpaired) electrons. The Kier molecular flexibility index (Phi) is 14.1. The smallest absolute Gasteiger partial charge is 0.341 e. The second-order valence-corrected chi connectivity index (χ2v) is 15.8. The highest BCUT2D eigenvalue weighted by Crippen LogP contribution is 2.53. The van der Waals surface area contributed by atoms with Gasteiger partial charge in [0.25, 0.3) is 0 Å². The number of rotatable bonds is 16. The van der Waals surface area contributed by atoms with Crippen LogP contribution in [-0.2, 0) is 10.3 Å². The molecule has 2 unspecified atom stereocenters. The van der Waals surface area contributed by atoms with E-state index in [-0.39, 0.29) is 31.2 Å². The van der Waals surface area contributed by atoms with Crippen LogP contribution in [0.5, 0.6) is 11.5 Å². The number of halogens is 4. The summed E-state index contributed by atoms with van der Waals surface area (Å²) in [5, 5.41) is 7.11. The van der Waals surface area contributed by atoms with Crippen molar-refractivity contribution >= 4 is 74.9 Å². The van der Waals surface area contributed by atoms with Gasteiger partial charge in [-0.15, -0.1) is 0 Å². The molecule has 6 nitrogen and oxygen atoms in total. The lowest BCUT2D eigenvalue weighted by Gasteiger charge is -2.27. The molecule has 0 saturated carbocycles. The van der Waals surface area contributed by atoms with Gasteiger partial charge in [0.2, 0.25) is 0 Å². The van der Waals surface area contributed by atoms with Gasteiger partial charge in [-0.05, 0) is 135 Å². The van der Waals surface area contributed by atoms with Crippen LogP contribution in [0.3, 0.4) is 0 Å². The normalized spacial score (nSPS) is 16.3. The molecule has 0 aliphatic carbocycles. The minimum absolute atomic E-state index is 0.0164. The number of ether oxygens (including phenoxy) is 3. The Balaban J connectivity index is 1.68. The zero-order valence-corrected chi connectivity index (χ0v) is 36.5. The van der Waals surface area contributed by atoms with Crippen molar-refractivity contribution in [3.05, 3.63) is 163 Å². The summed E-state index contributed by atoms with van der Waals surface area (Å²) in [6, 6.07) is 32.5. The fourth-order valence-corrected chi connectivity index (χ4v) is 7.92. The van der Waals surface area contributed by atoms with Crippen LogP contribution in [0.2, 0.25) is 20.1 Å². The van der Waals surface area contributed by atoms with Gasteiger partial charge in [-0.1, -0.05) is 109 Å². The number of carbonyl (C=O) groups excluding carboxylic acids is 1. The molecule has 0 spiro atoms. The maximum atomic E-state index is 14.2. The number of cyclic esters (lactones) is 1. The van der Waals surface area contributed by atoms with Crippen LogP contribution in [0.1, 0.15) is 92.6 Å². The lowest BCUT2D eigenvalue weighted by Crippen LogP contribution is -2.23. The molecule has 0 fully saturated rings. The first-order chi connectivity index (χ1) is 27.9. The zero-order chi connectivity index (χ0) is 41.6. The first-order valence-corrected chi connectivity index (χ1v) is 21.2. The van der Waals surface area contributed by atoms with Crippen molar-refractivity contribution in [1.29, 1.82) is 0 Å². The van der Waals surface area contributed by atoms with Gasteiger partial charge in [0.15, 0.2) is 5.60 Å². The number of anilines is 2. The van der Waals surface area contributed by atoms with E-state index in [1.54, 1.807) is 0 Å². The van der Waals surface area contributed by atoms with E-state index in [4.69, 9.17) is 60.6 Å². The van der Waals surface area contributed by atoms with Crippen LogP contribution < -0.4 is 20.1 Å². The van der Waals surface area contributed by atoms with Gasteiger partial charge >= 0.3 is 5.97 Å². The summed E-state index contributed by atoms with van der Waals surface area (Å²) in [6.45, 7) is 13.5. The van der Waals surface area contributed by atoms with Gasteiger partial charge in [-0.2, -0.15) is 0 Å². The molecule has 1 aliphatic heterocycles. The van der Waals surface area contributed by atoms with Gasteiger partial charge in [0, 0.05) is 29.0 Å². The van der Waals surface area contributed by atoms with Crippen molar-refractivity contribution in [1.82, 2.24) is 0 Å². The third kappa shape index (κ3) is 9.32. The van der Waals surface area contributed by atoms with Crippen LogP contribution in [0, 0.1) is 0 Å². The highest BCUT2D eigenvalue weighted by molar-refractivity contribution is 6.53. The Morgan fingerprint density at radius 2 is 0.948 bits per heavy atom. The second kappa shape index (κ2) is 19.0. The minimum atomic E-state index is -1.65. The lowest BCUT2D eigenvalue weighted by atomic mass is 9.83. The average molecular weight is 859 g/mol. The van der Waals surface area contributed by atoms with Gasteiger partial charge < -0.3 is 24.8 Å². The average Bonchev–Trinajstić information content (AvgIpc) is 3.53. The van der Waals surface area contributed by atoms with Crippen LogP contribution in [0.4, 0.5) is 11.4 Å². The minimum Gasteiger partial charge on any atom is -0.494 e. The third-order valence-corrected chi connectivity index (χ3v) is 12.0. The number of hydrogen-bond acceptors (Lipinski definition) is 6. The summed E-state index contributed by atoms with van der Waals surface area (Å²) in [5.41, 5.74) is 5.57. The molecule has 302 valence electrons. The summed E-state index contributed by atoms with van der Waals surface area (Å²) in [4.78, 5) is 14.2. The van der Waals surface area contributed by atoms with Crippen molar-refractivity contribution in [3.8, 4) is 11.5 Å². The highest BCUT2D eigenvalue weighted by atomic mass is 35.5. The number of benzene rings is 5. The molecule has 2 N–H and O–H groups in total. The van der Waals surface area contributed by atoms with E-state index in [1.807, 2.05) is 123 Å². The fraction of sp³-hybridized carbons (Fsp3) is 0.271. The van der Waals surface area contributed by atoms with E-state index in [2.05, 4.69) is 38.3 Å². The largest absolute Gasteiger partial charge is 0.494 e. The first-order valence-electron chi connectivity index (χ1n) is 19.7. The van der Waals surface area contributed by atoms with Crippen molar-refractivity contribution in [2.75, 3.05) is 23.8 Å². The predicted molar refractivity (Wildman–Crippen MR) is 243 cm³/mol. The van der Waals surface area contributed by atoms with Crippen molar-refractivity contribution in [2.24, 2.45) is 0 Å². The van der Waals surface area contributed by atoms with Gasteiger partial charge in [-0.3, -0.25) is 0 Å². The Hall–Kier alpha value is -4.59. The monoisotopic (exact) mass is 856 g/mol. The van der Waals surface area contributed by atoms with Gasteiger partial charge in [0.05, 0.1) is 38.9 Å². The van der Waals surface area contributed by atoms with Gasteiger partial charge in [0.1, 0.15) is 11.5 Å². The third-order valence-electron chi connectivity index (χ3n) is 10.2. The van der Waals surface area contributed by atoms with E-state index >= 15 is 0 Å². The summed E-state index contributed by atoms with van der Waals surface area (Å²) in [5.74, 6) is 0.767. The molecule has 58 heavy (non-hydrogen) atoms. The van der Waals surface area contributed by atoms with Crippen molar-refractivity contribution < 1.29 is 19.0 Å². The zero-order valence-electron chi connectivity index (χ0n) is 33.5. The van der Waals surface area contributed by atoms with Crippen LogP contribution in [-0.4, -0.2) is 31.3 Å². The predicted octanol–water partition coefficient (Wildman–Crippen LogP) is 14.1. The summed E-state index contributed by atoms with van der Waals surface area (Å²) in [7, 11) is 0. The molecule has 5 aromatic carbocycles. The number of esters is 1. The molecule has 1 heterocycles. The first kappa shape index (κ1) is 43.0. The fourth-order valence-electron chi connectivity index (χ4n) is 6.85. The Labute approximate surface area is 362 Å². The van der Waals surface area contributed by atoms with Crippen molar-refractivity contribution in [3.63, 3.8) is 0 Å². The van der Waals surface area contributed by atoms with E-state index in [0.717, 1.165) is 69.1 Å². The maximum absolute atomic E-state index is 14.2. The maximum Gasteiger partial charge on any atom is 0.341 e. The molecule has 2 atom stereocenters. The Morgan fingerprint density at radius 1 is 0.586 bits per heavy atom. The van der Waals surface area contributed by atoms with E-state index < -0.39 is 11.6 Å². The molecule has 0 saturated heterocycles. The quantitative estimate of drug-likeness (QED) is 0.0585. The molecule has 0 bridgehead atoms. The van der Waals surface area contributed by atoms with E-state index in [0.29, 0.717) is 25.3 Å². The molecule has 0 amide bonds. The van der Waals surface area contributed by atoms with Crippen molar-refractivity contribution in [2.45, 2.75) is 72.1 Å². The topological polar surface area (TPSA) is 68.8 Å². The SMILES string of the molecule is CCOc1ccc(/C(=C\C2(/C=C(/c3ccc(NC(C)CC)cc3)c3ccc(OCC)cc3)OC(=O)c3c(Cl)c(Cl)c(Cl)c(Cl)c32)c2ccc(NC(C)CC)cc2)cc1. The Morgan fingerprint density at radius 3 is 1.31 bits per heavy atom. The van der Waals surface area contributed by atoms with E-state index in [1.165, 1.54) is 0 Å². The van der Waals surface area contributed by atoms with Gasteiger partial charge in [-0.25, -0.2) is 4.79 Å². The standard InChI is InChI=1S/C48H48Cl4N2O4/c1-7-29(5)53-35-19-11-31(12-20-35)39(33-15-23-37(24-16-33)56-9-3)27-48(42-41(47(55)58-48)43(49)45(51)46(52)44(42)50)28-40(34-17-25-38(26-18-34)57-10-4)32-13-21-36(22-14-32)54-30(6)8-2/h11-30,53-54H,7-10H2,1-6H3/b39-27-,40-28-. The van der Waals surface area contributed by atoms with Crippen LogP contribution >= 0.6 is 46.4 Å². The molecule has 1 aliphatic rings. The number of fused-ring (bicyclic) bond motifs is 1. The molecule has 0 aromatic heterocycles. The summed E-state index contributed by atoms with van der Waals surface area (Å²) < 4.78 is 18.2. The van der Waals surface area contributed by atoms with Crippen LogP contribution in [0.25, 0.3) is 11.1 Å². The number of nitrogens with one attached hydrogen (secondary N) is 2. The van der Waals surface area contributed by atoms with Crippen LogP contribution in [0.15, 0.2) is 109 Å². The summed E-state index contributed by atoms with van der Waals surface area (Å²) in [6.07, 6.45) is 5.79. The Bertz CT molecular complexity index is 2170. The molecular formula is C48H48Cl4N2O4. The second-order valence-electron chi connectivity index (χ2n) is 14.3. The summed E-state index contributed by atoms with van der Waals surface area (Å²) >= 11 is 27.5. The van der Waals surface area contributed by atoms with E-state index in [9.17, 15) is 4.79 Å². The number of carbonyl (C=O) groups is 1.